The number of rotatable bonds is 1. The lowest BCUT2D eigenvalue weighted by Gasteiger charge is -2.30. The van der Waals surface area contributed by atoms with Crippen molar-refractivity contribution in [1.82, 2.24) is 0 Å². The van der Waals surface area contributed by atoms with E-state index in [0.717, 1.165) is 35.9 Å². The summed E-state index contributed by atoms with van der Waals surface area (Å²) in [6.07, 6.45) is 6.57. The van der Waals surface area contributed by atoms with Gasteiger partial charge in [-0.05, 0) is 37.1 Å². The zero-order chi connectivity index (χ0) is 11.7. The lowest BCUT2D eigenvalue weighted by Crippen LogP contribution is -2.32. The van der Waals surface area contributed by atoms with Gasteiger partial charge in [0.15, 0.2) is 0 Å². The number of allylic oxidation sites excluding steroid dienone is 1. The van der Waals surface area contributed by atoms with E-state index in [0.29, 0.717) is 12.0 Å². The van der Waals surface area contributed by atoms with E-state index in [4.69, 9.17) is 21.3 Å². The SMILES string of the molecule is Clc1ccc(C2=NC3CC=CCC3CO2)cc1. The second kappa shape index (κ2) is 4.53. The largest absolute Gasteiger partial charge is 0.477 e. The van der Waals surface area contributed by atoms with Crippen LogP contribution in [0.3, 0.4) is 0 Å². The minimum Gasteiger partial charge on any atom is -0.477 e. The quantitative estimate of drug-likeness (QED) is 0.697. The Bertz CT molecular complexity index is 464. The number of aliphatic imine (C=N–C) groups is 1. The second-order valence-electron chi connectivity index (χ2n) is 4.52. The molecule has 1 aliphatic heterocycles. The predicted molar refractivity (Wildman–Crippen MR) is 69.6 cm³/mol. The molecule has 0 amide bonds. The molecule has 17 heavy (non-hydrogen) atoms. The van der Waals surface area contributed by atoms with Crippen molar-refractivity contribution in [2.45, 2.75) is 18.9 Å². The minimum atomic E-state index is 0.388. The van der Waals surface area contributed by atoms with Crippen molar-refractivity contribution in [1.29, 1.82) is 0 Å². The molecule has 0 saturated heterocycles. The maximum Gasteiger partial charge on any atom is 0.216 e. The lowest BCUT2D eigenvalue weighted by molar-refractivity contribution is 0.186. The topological polar surface area (TPSA) is 21.6 Å². The number of fused-ring (bicyclic) bond motifs is 1. The molecule has 0 spiro atoms. The van der Waals surface area contributed by atoms with Gasteiger partial charge in [0.2, 0.25) is 5.90 Å². The Labute approximate surface area is 106 Å². The molecule has 0 fully saturated rings. The van der Waals surface area contributed by atoms with Crippen LogP contribution in [-0.2, 0) is 4.74 Å². The van der Waals surface area contributed by atoms with Gasteiger partial charge in [0.25, 0.3) is 0 Å². The highest BCUT2D eigenvalue weighted by Crippen LogP contribution is 2.27. The minimum absolute atomic E-state index is 0.388. The number of halogens is 1. The molecule has 2 atom stereocenters. The fraction of sp³-hybridized carbons (Fsp3) is 0.357. The third-order valence-corrected chi connectivity index (χ3v) is 3.59. The molecule has 2 unspecified atom stereocenters. The highest BCUT2D eigenvalue weighted by Gasteiger charge is 2.28. The summed E-state index contributed by atoms with van der Waals surface area (Å²) in [6, 6.07) is 8.05. The van der Waals surface area contributed by atoms with Gasteiger partial charge in [0.05, 0.1) is 12.6 Å². The average molecular weight is 248 g/mol. The monoisotopic (exact) mass is 247 g/mol. The number of hydrogen-bond acceptors (Lipinski definition) is 2. The standard InChI is InChI=1S/C14H14ClNO/c15-12-7-5-10(6-8-12)14-16-13-4-2-1-3-11(13)9-17-14/h1-2,5-8,11,13H,3-4,9H2. The smallest absolute Gasteiger partial charge is 0.216 e. The number of hydrogen-bond donors (Lipinski definition) is 0. The number of ether oxygens (including phenoxy) is 1. The molecule has 3 rings (SSSR count). The van der Waals surface area contributed by atoms with Gasteiger partial charge in [-0.3, -0.25) is 0 Å². The lowest BCUT2D eigenvalue weighted by atomic mass is 9.89. The van der Waals surface area contributed by atoms with Crippen LogP contribution in [0, 0.1) is 5.92 Å². The highest BCUT2D eigenvalue weighted by atomic mass is 35.5. The Balaban J connectivity index is 1.86. The van der Waals surface area contributed by atoms with Gasteiger partial charge >= 0.3 is 0 Å². The predicted octanol–water partition coefficient (Wildman–Crippen LogP) is 3.45. The van der Waals surface area contributed by atoms with E-state index < -0.39 is 0 Å². The van der Waals surface area contributed by atoms with E-state index in [1.54, 1.807) is 0 Å². The fourth-order valence-corrected chi connectivity index (χ4v) is 2.44. The third-order valence-electron chi connectivity index (χ3n) is 3.34. The van der Waals surface area contributed by atoms with Gasteiger partial charge in [0, 0.05) is 16.5 Å². The van der Waals surface area contributed by atoms with E-state index in [-0.39, 0.29) is 0 Å². The molecule has 0 aromatic heterocycles. The van der Waals surface area contributed by atoms with Crippen molar-refractivity contribution in [2.75, 3.05) is 6.61 Å². The molecule has 2 aliphatic rings. The molecule has 0 N–H and O–H groups in total. The van der Waals surface area contributed by atoms with E-state index in [2.05, 4.69) is 12.2 Å². The second-order valence-corrected chi connectivity index (χ2v) is 4.96. The Morgan fingerprint density at radius 3 is 2.71 bits per heavy atom. The molecule has 1 aromatic carbocycles. The Morgan fingerprint density at radius 1 is 1.12 bits per heavy atom. The zero-order valence-electron chi connectivity index (χ0n) is 9.47. The summed E-state index contributed by atoms with van der Waals surface area (Å²) < 4.78 is 5.75. The van der Waals surface area contributed by atoms with Crippen LogP contribution in [0.5, 0.6) is 0 Å². The third kappa shape index (κ3) is 2.22. The maximum atomic E-state index is 5.87. The van der Waals surface area contributed by atoms with Gasteiger partial charge < -0.3 is 4.74 Å². The van der Waals surface area contributed by atoms with Crippen molar-refractivity contribution in [2.24, 2.45) is 10.9 Å². The van der Waals surface area contributed by atoms with Crippen LogP contribution in [-0.4, -0.2) is 18.5 Å². The van der Waals surface area contributed by atoms with Crippen molar-refractivity contribution in [3.8, 4) is 0 Å². The van der Waals surface area contributed by atoms with E-state index >= 15 is 0 Å². The van der Waals surface area contributed by atoms with Crippen molar-refractivity contribution in [3.05, 3.63) is 47.0 Å². The van der Waals surface area contributed by atoms with Crippen LogP contribution in [0.4, 0.5) is 0 Å². The highest BCUT2D eigenvalue weighted by molar-refractivity contribution is 6.30. The summed E-state index contributed by atoms with van der Waals surface area (Å²) >= 11 is 5.87. The average Bonchev–Trinajstić information content (AvgIpc) is 2.39. The molecule has 0 radical (unpaired) electrons. The fourth-order valence-electron chi connectivity index (χ4n) is 2.32. The first-order valence-corrected chi connectivity index (χ1v) is 6.32. The summed E-state index contributed by atoms with van der Waals surface area (Å²) in [6.45, 7) is 0.774. The molecular weight excluding hydrogens is 234 g/mol. The summed E-state index contributed by atoms with van der Waals surface area (Å²) in [5, 5.41) is 0.739. The summed E-state index contributed by atoms with van der Waals surface area (Å²) in [4.78, 5) is 4.70. The van der Waals surface area contributed by atoms with E-state index in [1.807, 2.05) is 24.3 Å². The van der Waals surface area contributed by atoms with E-state index in [1.165, 1.54) is 0 Å². The summed E-state index contributed by atoms with van der Waals surface area (Å²) in [7, 11) is 0. The van der Waals surface area contributed by atoms with Crippen molar-refractivity contribution in [3.63, 3.8) is 0 Å². The Kier molecular flexibility index (Phi) is 2.89. The van der Waals surface area contributed by atoms with Gasteiger partial charge in [-0.1, -0.05) is 23.8 Å². The van der Waals surface area contributed by atoms with Gasteiger partial charge in [-0.2, -0.15) is 0 Å². The van der Waals surface area contributed by atoms with Crippen LogP contribution < -0.4 is 0 Å². The van der Waals surface area contributed by atoms with Crippen LogP contribution in [0.15, 0.2) is 41.4 Å². The van der Waals surface area contributed by atoms with Crippen LogP contribution in [0.1, 0.15) is 18.4 Å². The van der Waals surface area contributed by atoms with Crippen LogP contribution >= 0.6 is 11.6 Å². The molecule has 3 heteroatoms. The maximum absolute atomic E-state index is 5.87. The van der Waals surface area contributed by atoms with Gasteiger partial charge in [0.1, 0.15) is 0 Å². The molecule has 88 valence electrons. The number of nitrogens with zero attached hydrogens (tertiary/aromatic N) is 1. The van der Waals surface area contributed by atoms with E-state index in [9.17, 15) is 0 Å². The molecule has 0 saturated carbocycles. The molecule has 1 aromatic rings. The van der Waals surface area contributed by atoms with Crippen LogP contribution in [0.2, 0.25) is 5.02 Å². The Hall–Kier alpha value is -1.28. The summed E-state index contributed by atoms with van der Waals surface area (Å²) in [5.41, 5.74) is 1.02. The first-order chi connectivity index (χ1) is 8.33. The molecule has 1 aliphatic carbocycles. The normalized spacial score (nSPS) is 27.0. The first kappa shape index (κ1) is 10.8. The van der Waals surface area contributed by atoms with Gasteiger partial charge in [-0.25, -0.2) is 4.99 Å². The molecular formula is C14H14ClNO. The number of benzene rings is 1. The zero-order valence-corrected chi connectivity index (χ0v) is 10.2. The molecule has 2 nitrogen and oxygen atoms in total. The first-order valence-electron chi connectivity index (χ1n) is 5.94. The summed E-state index contributed by atoms with van der Waals surface area (Å²) in [5.74, 6) is 1.31. The molecule has 0 bridgehead atoms. The van der Waals surface area contributed by atoms with Crippen LogP contribution in [0.25, 0.3) is 0 Å². The van der Waals surface area contributed by atoms with Crippen molar-refractivity contribution >= 4 is 17.5 Å². The Morgan fingerprint density at radius 2 is 1.88 bits per heavy atom. The molecule has 1 heterocycles. The van der Waals surface area contributed by atoms with Crippen molar-refractivity contribution < 1.29 is 4.74 Å². The van der Waals surface area contributed by atoms with Gasteiger partial charge in [-0.15, -0.1) is 0 Å².